The zero-order valence-electron chi connectivity index (χ0n) is 5.78. The molecule has 0 unspecified atom stereocenters. The lowest BCUT2D eigenvalue weighted by molar-refractivity contribution is 1.07. The molecule has 0 atom stereocenters. The number of hydrogen-bond donors (Lipinski definition) is 2. The van der Waals surface area contributed by atoms with Gasteiger partial charge < -0.3 is 10.7 Å². The van der Waals surface area contributed by atoms with Crippen molar-refractivity contribution >= 4 is 6.72 Å². The Balaban J connectivity index is 0. The van der Waals surface area contributed by atoms with E-state index in [2.05, 4.69) is 25.9 Å². The van der Waals surface area contributed by atoms with Crippen LogP contribution < -0.4 is 5.32 Å². The van der Waals surface area contributed by atoms with Gasteiger partial charge in [0, 0.05) is 7.05 Å². The summed E-state index contributed by atoms with van der Waals surface area (Å²) in [5.74, 6) is 0. The van der Waals surface area contributed by atoms with E-state index in [0.29, 0.717) is 0 Å². The molecule has 2 heteroatoms. The predicted octanol–water partition coefficient (Wildman–Crippen LogP) is 1.40. The molecule has 2 N–H and O–H groups in total. The molecule has 2 nitrogen and oxygen atoms in total. The standard InChI is InChI=1S/C5H11N.CH3N/c1-5(2)4-6-3;1-2/h4,6H,1-3H3;2H,1H2. The third kappa shape index (κ3) is 18.9. The van der Waals surface area contributed by atoms with E-state index in [1.807, 2.05) is 13.2 Å². The van der Waals surface area contributed by atoms with Gasteiger partial charge in [0.15, 0.2) is 0 Å². The molecule has 0 aromatic rings. The lowest BCUT2D eigenvalue weighted by Gasteiger charge is -1.84. The molecular weight excluding hydrogens is 100 g/mol. The van der Waals surface area contributed by atoms with Gasteiger partial charge in [0.05, 0.1) is 0 Å². The van der Waals surface area contributed by atoms with Gasteiger partial charge in [-0.3, -0.25) is 0 Å². The van der Waals surface area contributed by atoms with Crippen molar-refractivity contribution in [3.8, 4) is 0 Å². The first kappa shape index (κ1) is 10.2. The van der Waals surface area contributed by atoms with Gasteiger partial charge >= 0.3 is 0 Å². The van der Waals surface area contributed by atoms with E-state index in [1.54, 1.807) is 0 Å². The summed E-state index contributed by atoms with van der Waals surface area (Å²) in [5, 5.41) is 8.41. The SMILES string of the molecule is C=N.CNC=C(C)C. The molecule has 0 bridgehead atoms. The molecule has 0 aliphatic rings. The van der Waals surface area contributed by atoms with Crippen LogP contribution in [0.3, 0.4) is 0 Å². The highest BCUT2D eigenvalue weighted by molar-refractivity contribution is 5.15. The first-order chi connectivity index (χ1) is 3.77. The van der Waals surface area contributed by atoms with E-state index < -0.39 is 0 Å². The summed E-state index contributed by atoms with van der Waals surface area (Å²) in [5.41, 5.74) is 1.30. The number of hydrogen-bond acceptors (Lipinski definition) is 2. The van der Waals surface area contributed by atoms with Crippen LogP contribution >= 0.6 is 0 Å². The van der Waals surface area contributed by atoms with Crippen LogP contribution in [0.4, 0.5) is 0 Å². The van der Waals surface area contributed by atoms with E-state index in [-0.39, 0.29) is 0 Å². The van der Waals surface area contributed by atoms with Gasteiger partial charge in [-0.1, -0.05) is 5.57 Å². The number of allylic oxidation sites excluding steroid dienone is 1. The zero-order chi connectivity index (χ0) is 6.99. The van der Waals surface area contributed by atoms with Crippen LogP contribution in [0.15, 0.2) is 11.8 Å². The summed E-state index contributed by atoms with van der Waals surface area (Å²) in [6, 6.07) is 0. The first-order valence-electron chi connectivity index (χ1n) is 2.43. The van der Waals surface area contributed by atoms with Gasteiger partial charge in [0.25, 0.3) is 0 Å². The fourth-order valence-corrected chi connectivity index (χ4v) is 0.289. The van der Waals surface area contributed by atoms with Crippen molar-refractivity contribution in [3.05, 3.63) is 11.8 Å². The van der Waals surface area contributed by atoms with E-state index in [9.17, 15) is 0 Å². The molecule has 0 radical (unpaired) electrons. The second-order valence-electron chi connectivity index (χ2n) is 1.51. The van der Waals surface area contributed by atoms with E-state index >= 15 is 0 Å². The average Bonchev–Trinajstić information content (AvgIpc) is 1.72. The van der Waals surface area contributed by atoms with Gasteiger partial charge in [-0.05, 0) is 26.8 Å². The van der Waals surface area contributed by atoms with Gasteiger partial charge in [-0.2, -0.15) is 0 Å². The molecule has 8 heavy (non-hydrogen) atoms. The molecule has 0 aliphatic heterocycles. The number of rotatable bonds is 1. The predicted molar refractivity (Wildman–Crippen MR) is 38.3 cm³/mol. The molecule has 0 saturated carbocycles. The Morgan fingerprint density at radius 2 is 1.88 bits per heavy atom. The van der Waals surface area contributed by atoms with Crippen LogP contribution in [0.1, 0.15) is 13.8 Å². The fourth-order valence-electron chi connectivity index (χ4n) is 0.289. The van der Waals surface area contributed by atoms with Crippen molar-refractivity contribution in [2.45, 2.75) is 13.8 Å². The molecule has 0 amide bonds. The van der Waals surface area contributed by atoms with Crippen LogP contribution in [0.5, 0.6) is 0 Å². The van der Waals surface area contributed by atoms with Crippen molar-refractivity contribution in [2.24, 2.45) is 0 Å². The molecule has 0 aliphatic carbocycles. The highest BCUT2D eigenvalue weighted by Gasteiger charge is 1.65. The highest BCUT2D eigenvalue weighted by atomic mass is 14.8. The molecule has 48 valence electrons. The maximum atomic E-state index is 5.50. The van der Waals surface area contributed by atoms with Crippen molar-refractivity contribution < 1.29 is 0 Å². The van der Waals surface area contributed by atoms with Crippen molar-refractivity contribution in [1.82, 2.24) is 5.32 Å². The Bertz CT molecular complexity index is 62.9. The minimum atomic E-state index is 1.30. The Morgan fingerprint density at radius 3 is 1.88 bits per heavy atom. The lowest BCUT2D eigenvalue weighted by atomic mass is 10.4. The summed E-state index contributed by atoms with van der Waals surface area (Å²) in [6.45, 7) is 6.60. The number of nitrogens with one attached hydrogen (secondary N) is 2. The maximum absolute atomic E-state index is 5.50. The molecule has 0 aromatic heterocycles. The largest absolute Gasteiger partial charge is 0.394 e. The fraction of sp³-hybridized carbons (Fsp3) is 0.500. The van der Waals surface area contributed by atoms with Crippen LogP contribution in [0, 0.1) is 5.41 Å². The third-order valence-electron chi connectivity index (χ3n) is 0.433. The Labute approximate surface area is 51.1 Å². The van der Waals surface area contributed by atoms with Crippen LogP contribution in [0.25, 0.3) is 0 Å². The van der Waals surface area contributed by atoms with Gasteiger partial charge in [-0.25, -0.2) is 0 Å². The zero-order valence-corrected chi connectivity index (χ0v) is 5.78. The maximum Gasteiger partial charge on any atom is 0.00276 e. The highest BCUT2D eigenvalue weighted by Crippen LogP contribution is 1.80. The van der Waals surface area contributed by atoms with Crippen LogP contribution in [0.2, 0.25) is 0 Å². The second-order valence-corrected chi connectivity index (χ2v) is 1.51. The minimum absolute atomic E-state index is 1.30. The summed E-state index contributed by atoms with van der Waals surface area (Å²) in [4.78, 5) is 0. The Kier molecular flexibility index (Phi) is 12.2. The third-order valence-corrected chi connectivity index (χ3v) is 0.433. The van der Waals surface area contributed by atoms with Crippen molar-refractivity contribution in [1.29, 1.82) is 5.41 Å². The summed E-state index contributed by atoms with van der Waals surface area (Å²) < 4.78 is 0. The minimum Gasteiger partial charge on any atom is -0.394 e. The molecule has 0 fully saturated rings. The quantitative estimate of drug-likeness (QED) is 0.496. The normalized spacial score (nSPS) is 5.88. The van der Waals surface area contributed by atoms with Crippen LogP contribution in [-0.4, -0.2) is 13.8 Å². The molecule has 0 aromatic carbocycles. The smallest absolute Gasteiger partial charge is 0.00276 e. The summed E-state index contributed by atoms with van der Waals surface area (Å²) in [6.07, 6.45) is 1.96. The first-order valence-corrected chi connectivity index (χ1v) is 2.43. The second kappa shape index (κ2) is 9.51. The van der Waals surface area contributed by atoms with E-state index in [0.717, 1.165) is 0 Å². The summed E-state index contributed by atoms with van der Waals surface area (Å²) in [7, 11) is 1.90. The van der Waals surface area contributed by atoms with Crippen molar-refractivity contribution in [3.63, 3.8) is 0 Å². The van der Waals surface area contributed by atoms with E-state index in [4.69, 9.17) is 5.41 Å². The van der Waals surface area contributed by atoms with Gasteiger partial charge in [0.2, 0.25) is 0 Å². The Morgan fingerprint density at radius 1 is 1.50 bits per heavy atom. The van der Waals surface area contributed by atoms with Crippen molar-refractivity contribution in [2.75, 3.05) is 7.05 Å². The van der Waals surface area contributed by atoms with Gasteiger partial charge in [0.1, 0.15) is 0 Å². The molecule has 0 spiro atoms. The van der Waals surface area contributed by atoms with E-state index in [1.165, 1.54) is 5.57 Å². The lowest BCUT2D eigenvalue weighted by Crippen LogP contribution is -1.91. The topological polar surface area (TPSA) is 35.9 Å². The summed E-state index contributed by atoms with van der Waals surface area (Å²) >= 11 is 0. The Hall–Kier alpha value is -0.790. The molecular formula is C6H14N2. The van der Waals surface area contributed by atoms with Gasteiger partial charge in [-0.15, -0.1) is 0 Å². The molecule has 0 saturated heterocycles. The monoisotopic (exact) mass is 114 g/mol. The molecule has 0 heterocycles. The molecule has 0 rings (SSSR count). The average molecular weight is 114 g/mol. The van der Waals surface area contributed by atoms with Crippen LogP contribution in [-0.2, 0) is 0 Å².